The number of piperidine rings is 1. The summed E-state index contributed by atoms with van der Waals surface area (Å²) in [5.41, 5.74) is 1.63. The fourth-order valence-electron chi connectivity index (χ4n) is 3.23. The summed E-state index contributed by atoms with van der Waals surface area (Å²) in [6.07, 6.45) is 1.29. The molecule has 3 heteroatoms. The Morgan fingerprint density at radius 3 is 2.71 bits per heavy atom. The SMILES string of the molecule is CC(C)N1CC2CC2(c2ccc(Cl)cc2Cl)C1. The van der Waals surface area contributed by atoms with Crippen LogP contribution in [0.25, 0.3) is 0 Å². The van der Waals surface area contributed by atoms with Gasteiger partial charge in [-0.2, -0.15) is 0 Å². The first kappa shape index (κ1) is 11.8. The highest BCUT2D eigenvalue weighted by atomic mass is 35.5. The van der Waals surface area contributed by atoms with Crippen molar-refractivity contribution < 1.29 is 0 Å². The highest BCUT2D eigenvalue weighted by molar-refractivity contribution is 6.35. The maximum atomic E-state index is 6.35. The standard InChI is InChI=1S/C14H17Cl2N/c1-9(2)17-7-10-6-14(10,8-17)12-4-3-11(15)5-13(12)16/h3-5,9-10H,6-8H2,1-2H3. The lowest BCUT2D eigenvalue weighted by Gasteiger charge is -2.25. The van der Waals surface area contributed by atoms with Crippen LogP contribution < -0.4 is 0 Å². The Morgan fingerprint density at radius 2 is 2.12 bits per heavy atom. The molecule has 0 radical (unpaired) electrons. The van der Waals surface area contributed by atoms with Gasteiger partial charge in [0.15, 0.2) is 0 Å². The lowest BCUT2D eigenvalue weighted by Crippen LogP contribution is -2.32. The summed E-state index contributed by atoms with van der Waals surface area (Å²) in [5.74, 6) is 0.795. The van der Waals surface area contributed by atoms with Gasteiger partial charge < -0.3 is 0 Å². The van der Waals surface area contributed by atoms with E-state index < -0.39 is 0 Å². The second-order valence-electron chi connectivity index (χ2n) is 5.70. The number of hydrogen-bond acceptors (Lipinski definition) is 1. The van der Waals surface area contributed by atoms with Crippen LogP contribution in [0, 0.1) is 5.92 Å². The van der Waals surface area contributed by atoms with Crippen LogP contribution in [0.4, 0.5) is 0 Å². The van der Waals surface area contributed by atoms with Crippen molar-refractivity contribution in [3.63, 3.8) is 0 Å². The molecule has 1 aliphatic heterocycles. The number of benzene rings is 1. The number of halogens is 2. The highest BCUT2D eigenvalue weighted by Gasteiger charge is 2.61. The van der Waals surface area contributed by atoms with Crippen LogP contribution in [0.2, 0.25) is 10.0 Å². The first-order valence-electron chi connectivity index (χ1n) is 6.22. The fraction of sp³-hybridized carbons (Fsp3) is 0.571. The Bertz CT molecular complexity index is 458. The largest absolute Gasteiger partial charge is 0.300 e. The monoisotopic (exact) mass is 269 g/mol. The maximum Gasteiger partial charge on any atom is 0.0459 e. The van der Waals surface area contributed by atoms with Crippen LogP contribution in [0.15, 0.2) is 18.2 Å². The van der Waals surface area contributed by atoms with Crippen LogP contribution in [0.1, 0.15) is 25.8 Å². The molecule has 1 saturated carbocycles. The van der Waals surface area contributed by atoms with Crippen molar-refractivity contribution in [3.8, 4) is 0 Å². The number of rotatable bonds is 2. The molecule has 2 atom stereocenters. The quantitative estimate of drug-likeness (QED) is 0.785. The molecule has 0 spiro atoms. The van der Waals surface area contributed by atoms with Gasteiger partial charge in [-0.15, -0.1) is 0 Å². The van der Waals surface area contributed by atoms with Gasteiger partial charge in [0.2, 0.25) is 0 Å². The fourth-order valence-corrected chi connectivity index (χ4v) is 3.82. The van der Waals surface area contributed by atoms with E-state index in [9.17, 15) is 0 Å². The normalized spacial score (nSPS) is 31.9. The van der Waals surface area contributed by atoms with Crippen molar-refractivity contribution in [2.45, 2.75) is 31.7 Å². The number of nitrogens with zero attached hydrogens (tertiary/aromatic N) is 1. The van der Waals surface area contributed by atoms with Crippen molar-refractivity contribution in [1.82, 2.24) is 4.90 Å². The molecule has 1 aromatic carbocycles. The van der Waals surface area contributed by atoms with Crippen LogP contribution in [-0.4, -0.2) is 24.0 Å². The summed E-state index contributed by atoms with van der Waals surface area (Å²) < 4.78 is 0. The summed E-state index contributed by atoms with van der Waals surface area (Å²) in [7, 11) is 0. The molecule has 17 heavy (non-hydrogen) atoms. The molecule has 2 aliphatic rings. The van der Waals surface area contributed by atoms with E-state index in [0.717, 1.165) is 22.5 Å². The van der Waals surface area contributed by atoms with Gasteiger partial charge in [0.05, 0.1) is 0 Å². The van der Waals surface area contributed by atoms with Gasteiger partial charge >= 0.3 is 0 Å². The minimum atomic E-state index is 0.325. The molecular weight excluding hydrogens is 253 g/mol. The van der Waals surface area contributed by atoms with E-state index in [1.807, 2.05) is 12.1 Å². The molecule has 1 saturated heterocycles. The van der Waals surface area contributed by atoms with Crippen molar-refractivity contribution in [2.75, 3.05) is 13.1 Å². The molecule has 1 aliphatic carbocycles. The molecule has 0 bridgehead atoms. The molecule has 0 amide bonds. The third kappa shape index (κ3) is 1.80. The zero-order valence-electron chi connectivity index (χ0n) is 10.2. The second kappa shape index (κ2) is 3.88. The molecule has 1 aromatic rings. The molecule has 2 unspecified atom stereocenters. The second-order valence-corrected chi connectivity index (χ2v) is 6.55. The van der Waals surface area contributed by atoms with E-state index >= 15 is 0 Å². The number of fused-ring (bicyclic) bond motifs is 1. The summed E-state index contributed by atoms with van der Waals surface area (Å²) in [6.45, 7) is 6.90. The minimum absolute atomic E-state index is 0.325. The van der Waals surface area contributed by atoms with E-state index in [4.69, 9.17) is 23.2 Å². The van der Waals surface area contributed by atoms with Gasteiger partial charge in [0.1, 0.15) is 0 Å². The van der Waals surface area contributed by atoms with E-state index in [2.05, 4.69) is 24.8 Å². The van der Waals surface area contributed by atoms with Gasteiger partial charge in [0.25, 0.3) is 0 Å². The van der Waals surface area contributed by atoms with Crippen molar-refractivity contribution in [2.24, 2.45) is 5.92 Å². The lowest BCUT2D eigenvalue weighted by molar-refractivity contribution is 0.243. The topological polar surface area (TPSA) is 3.24 Å². The Kier molecular flexibility index (Phi) is 2.70. The Hall–Kier alpha value is -0.240. The van der Waals surface area contributed by atoms with Gasteiger partial charge in [0, 0.05) is 34.6 Å². The van der Waals surface area contributed by atoms with E-state index in [0.29, 0.717) is 11.5 Å². The molecule has 1 heterocycles. The molecule has 0 aromatic heterocycles. The van der Waals surface area contributed by atoms with Crippen molar-refractivity contribution in [3.05, 3.63) is 33.8 Å². The van der Waals surface area contributed by atoms with Gasteiger partial charge in [-0.05, 0) is 43.9 Å². The van der Waals surface area contributed by atoms with Gasteiger partial charge in [-0.1, -0.05) is 29.3 Å². The van der Waals surface area contributed by atoms with Crippen LogP contribution >= 0.6 is 23.2 Å². The zero-order chi connectivity index (χ0) is 12.2. The first-order chi connectivity index (χ1) is 8.03. The Morgan fingerprint density at radius 1 is 1.35 bits per heavy atom. The van der Waals surface area contributed by atoms with E-state index in [-0.39, 0.29) is 0 Å². The van der Waals surface area contributed by atoms with Crippen molar-refractivity contribution in [1.29, 1.82) is 0 Å². The molecule has 2 fully saturated rings. The van der Waals surface area contributed by atoms with Crippen molar-refractivity contribution >= 4 is 23.2 Å². The predicted molar refractivity (Wildman–Crippen MR) is 73.0 cm³/mol. The third-order valence-corrected chi connectivity index (χ3v) is 4.92. The van der Waals surface area contributed by atoms with Crippen LogP contribution in [0.5, 0.6) is 0 Å². The average Bonchev–Trinajstić information content (AvgIpc) is 2.80. The Balaban J connectivity index is 1.91. The van der Waals surface area contributed by atoms with Gasteiger partial charge in [-0.25, -0.2) is 0 Å². The Labute approximate surface area is 113 Å². The molecule has 1 nitrogen and oxygen atoms in total. The predicted octanol–water partition coefficient (Wildman–Crippen LogP) is 3.98. The maximum absolute atomic E-state index is 6.35. The van der Waals surface area contributed by atoms with Gasteiger partial charge in [-0.3, -0.25) is 4.90 Å². The van der Waals surface area contributed by atoms with E-state index in [1.54, 1.807) is 0 Å². The number of hydrogen-bond donors (Lipinski definition) is 0. The molecular formula is C14H17Cl2N. The molecule has 0 N–H and O–H groups in total. The number of likely N-dealkylation sites (tertiary alicyclic amines) is 1. The smallest absolute Gasteiger partial charge is 0.0459 e. The first-order valence-corrected chi connectivity index (χ1v) is 6.98. The minimum Gasteiger partial charge on any atom is -0.300 e. The summed E-state index contributed by atoms with van der Waals surface area (Å²) in [4.78, 5) is 2.55. The summed E-state index contributed by atoms with van der Waals surface area (Å²) >= 11 is 12.3. The zero-order valence-corrected chi connectivity index (χ0v) is 11.7. The van der Waals surface area contributed by atoms with Crippen LogP contribution in [0.3, 0.4) is 0 Å². The summed E-state index contributed by atoms with van der Waals surface area (Å²) in [5, 5.41) is 1.57. The average molecular weight is 270 g/mol. The van der Waals surface area contributed by atoms with E-state index in [1.165, 1.54) is 18.5 Å². The molecule has 92 valence electrons. The third-order valence-electron chi connectivity index (χ3n) is 4.37. The lowest BCUT2D eigenvalue weighted by atomic mass is 9.95. The highest BCUT2D eigenvalue weighted by Crippen LogP contribution is 2.60. The molecule has 3 rings (SSSR count). The van der Waals surface area contributed by atoms with Crippen LogP contribution in [-0.2, 0) is 5.41 Å². The summed E-state index contributed by atoms with van der Waals surface area (Å²) in [6, 6.07) is 6.59.